The first-order valence-electron chi connectivity index (χ1n) is 6.77. The second-order valence-corrected chi connectivity index (χ2v) is 5.19. The summed E-state index contributed by atoms with van der Waals surface area (Å²) in [7, 11) is 1.14. The molecule has 4 nitrogen and oxygen atoms in total. The Balaban J connectivity index is 2.16. The molecule has 23 heavy (non-hydrogen) atoms. The van der Waals surface area contributed by atoms with Gasteiger partial charge in [0.05, 0.1) is 18.2 Å². The minimum atomic E-state index is -4.71. The van der Waals surface area contributed by atoms with Gasteiger partial charge >= 0.3 is 12.1 Å². The molecule has 0 aliphatic heterocycles. The summed E-state index contributed by atoms with van der Waals surface area (Å²) in [5, 5.41) is 0. The Morgan fingerprint density at radius 2 is 2.04 bits per heavy atom. The highest BCUT2D eigenvalue weighted by Gasteiger charge is 2.38. The van der Waals surface area contributed by atoms with Crippen LogP contribution < -0.4 is 0 Å². The van der Waals surface area contributed by atoms with Crippen molar-refractivity contribution in [1.29, 1.82) is 0 Å². The Morgan fingerprint density at radius 1 is 1.35 bits per heavy atom. The van der Waals surface area contributed by atoms with Crippen molar-refractivity contribution in [2.24, 2.45) is 0 Å². The van der Waals surface area contributed by atoms with Gasteiger partial charge in [0.15, 0.2) is 5.69 Å². The van der Waals surface area contributed by atoms with Gasteiger partial charge in [-0.2, -0.15) is 13.2 Å². The van der Waals surface area contributed by atoms with Crippen molar-refractivity contribution in [3.63, 3.8) is 0 Å². The fourth-order valence-corrected chi connectivity index (χ4v) is 2.25. The number of benzene rings is 1. The third-order valence-corrected chi connectivity index (χ3v) is 3.50. The van der Waals surface area contributed by atoms with Crippen LogP contribution in [-0.2, 0) is 10.9 Å². The van der Waals surface area contributed by atoms with E-state index in [1.807, 2.05) is 0 Å². The molecule has 1 aliphatic carbocycles. The molecule has 2 aromatic rings. The van der Waals surface area contributed by atoms with Gasteiger partial charge in [0.2, 0.25) is 5.89 Å². The largest absolute Gasteiger partial charge is 0.464 e. The number of rotatable bonds is 3. The van der Waals surface area contributed by atoms with Crippen LogP contribution in [0.3, 0.4) is 0 Å². The Labute approximate surface area is 128 Å². The smallest absolute Gasteiger partial charge is 0.417 e. The van der Waals surface area contributed by atoms with E-state index in [4.69, 9.17) is 4.42 Å². The van der Waals surface area contributed by atoms with Gasteiger partial charge in [-0.1, -0.05) is 0 Å². The highest BCUT2D eigenvalue weighted by Crippen LogP contribution is 2.44. The van der Waals surface area contributed by atoms with Crippen molar-refractivity contribution in [3.05, 3.63) is 41.0 Å². The molecule has 0 amide bonds. The minimum Gasteiger partial charge on any atom is -0.464 e. The maximum Gasteiger partial charge on any atom is 0.417 e. The molecule has 1 aromatic carbocycles. The second-order valence-electron chi connectivity index (χ2n) is 5.19. The lowest BCUT2D eigenvalue weighted by Crippen LogP contribution is -2.08. The van der Waals surface area contributed by atoms with Gasteiger partial charge in [0.25, 0.3) is 0 Å². The van der Waals surface area contributed by atoms with Crippen molar-refractivity contribution in [2.45, 2.75) is 24.9 Å². The summed E-state index contributed by atoms with van der Waals surface area (Å²) in [6.45, 7) is 0. The summed E-state index contributed by atoms with van der Waals surface area (Å²) < 4.78 is 62.6. The zero-order chi connectivity index (χ0) is 16.8. The molecule has 1 aliphatic rings. The molecule has 1 fully saturated rings. The molecule has 1 saturated carbocycles. The fourth-order valence-electron chi connectivity index (χ4n) is 2.25. The summed E-state index contributed by atoms with van der Waals surface area (Å²) in [5.41, 5.74) is -1.80. The topological polar surface area (TPSA) is 52.3 Å². The molecule has 0 radical (unpaired) electrons. The number of halogens is 4. The normalized spacial score (nSPS) is 14.8. The van der Waals surface area contributed by atoms with E-state index >= 15 is 0 Å². The van der Waals surface area contributed by atoms with E-state index in [-0.39, 0.29) is 17.4 Å². The first kappa shape index (κ1) is 15.5. The highest BCUT2D eigenvalue weighted by atomic mass is 19.4. The van der Waals surface area contributed by atoms with Gasteiger partial charge in [-0.25, -0.2) is 14.2 Å². The third-order valence-electron chi connectivity index (χ3n) is 3.50. The minimum absolute atomic E-state index is 0.0757. The number of methoxy groups -OCH3 is 1. The van der Waals surface area contributed by atoms with Crippen molar-refractivity contribution < 1.29 is 31.5 Å². The summed E-state index contributed by atoms with van der Waals surface area (Å²) in [6.07, 6.45) is -3.22. The monoisotopic (exact) mass is 329 g/mol. The third kappa shape index (κ3) is 2.93. The first-order valence-corrected chi connectivity index (χ1v) is 6.77. The van der Waals surface area contributed by atoms with Crippen LogP contribution in [0.5, 0.6) is 0 Å². The number of hydrogen-bond donors (Lipinski definition) is 0. The fraction of sp³-hybridized carbons (Fsp3) is 0.333. The molecule has 0 atom stereocenters. The number of ether oxygens (including phenoxy) is 1. The Morgan fingerprint density at radius 3 is 2.61 bits per heavy atom. The van der Waals surface area contributed by atoms with E-state index in [0.29, 0.717) is 18.2 Å². The molecule has 0 saturated heterocycles. The lowest BCUT2D eigenvalue weighted by Gasteiger charge is -2.10. The van der Waals surface area contributed by atoms with E-state index in [2.05, 4.69) is 9.72 Å². The quantitative estimate of drug-likeness (QED) is 0.627. The number of aromatic nitrogens is 1. The number of carbonyl (C=O) groups is 1. The maximum atomic E-state index is 13.4. The molecule has 1 aromatic heterocycles. The average molecular weight is 329 g/mol. The van der Waals surface area contributed by atoms with E-state index < -0.39 is 35.0 Å². The molecular formula is C15H11F4NO3. The molecule has 0 unspecified atom stereocenters. The van der Waals surface area contributed by atoms with Crippen LogP contribution in [0.1, 0.15) is 40.6 Å². The van der Waals surface area contributed by atoms with Crippen LogP contribution in [0.15, 0.2) is 22.6 Å². The van der Waals surface area contributed by atoms with Crippen molar-refractivity contribution in [1.82, 2.24) is 4.98 Å². The van der Waals surface area contributed by atoms with Gasteiger partial charge in [-0.3, -0.25) is 0 Å². The summed E-state index contributed by atoms with van der Waals surface area (Å²) >= 11 is 0. The Hall–Kier alpha value is -2.38. The SMILES string of the molecule is COC(=O)c1nc(-c2cc(F)ccc2C(F)(F)F)oc1C1CC1. The molecule has 0 bridgehead atoms. The summed E-state index contributed by atoms with van der Waals surface area (Å²) in [5.74, 6) is -2.00. The predicted molar refractivity (Wildman–Crippen MR) is 70.2 cm³/mol. The van der Waals surface area contributed by atoms with E-state index in [1.165, 1.54) is 0 Å². The number of hydrogen-bond acceptors (Lipinski definition) is 4. The van der Waals surface area contributed by atoms with Crippen LogP contribution in [-0.4, -0.2) is 18.1 Å². The van der Waals surface area contributed by atoms with Crippen molar-refractivity contribution in [3.8, 4) is 11.5 Å². The van der Waals surface area contributed by atoms with Crippen molar-refractivity contribution in [2.75, 3.05) is 7.11 Å². The summed E-state index contributed by atoms with van der Waals surface area (Å²) in [4.78, 5) is 15.5. The molecule has 122 valence electrons. The molecule has 3 rings (SSSR count). The number of carbonyl (C=O) groups excluding carboxylic acids is 1. The van der Waals surface area contributed by atoms with Crippen molar-refractivity contribution >= 4 is 5.97 Å². The zero-order valence-electron chi connectivity index (χ0n) is 11.9. The first-order chi connectivity index (χ1) is 10.8. The van der Waals surface area contributed by atoms with Gasteiger partial charge in [-0.15, -0.1) is 0 Å². The van der Waals surface area contributed by atoms with E-state index in [0.717, 1.165) is 20.0 Å². The van der Waals surface area contributed by atoms with Gasteiger partial charge in [-0.05, 0) is 31.0 Å². The maximum absolute atomic E-state index is 13.4. The molecule has 8 heteroatoms. The van der Waals surface area contributed by atoms with Crippen LogP contribution in [0.25, 0.3) is 11.5 Å². The Bertz CT molecular complexity index is 763. The highest BCUT2D eigenvalue weighted by molar-refractivity contribution is 5.89. The van der Waals surface area contributed by atoms with E-state index in [1.54, 1.807) is 0 Å². The second kappa shape index (κ2) is 5.36. The van der Waals surface area contributed by atoms with Crippen LogP contribution >= 0.6 is 0 Å². The Kier molecular flexibility index (Phi) is 3.62. The van der Waals surface area contributed by atoms with Crippen LogP contribution in [0.4, 0.5) is 17.6 Å². The lowest BCUT2D eigenvalue weighted by molar-refractivity contribution is -0.137. The van der Waals surface area contributed by atoms with E-state index in [9.17, 15) is 22.4 Å². The number of alkyl halides is 3. The van der Waals surface area contributed by atoms with Crippen LogP contribution in [0, 0.1) is 5.82 Å². The predicted octanol–water partition coefficient (Wildman–Crippen LogP) is 4.16. The number of oxazole rings is 1. The van der Waals surface area contributed by atoms with Gasteiger partial charge in [0.1, 0.15) is 11.6 Å². The number of esters is 1. The molecule has 0 spiro atoms. The lowest BCUT2D eigenvalue weighted by atomic mass is 10.1. The average Bonchev–Trinajstić information content (AvgIpc) is 3.23. The molecule has 1 heterocycles. The van der Waals surface area contributed by atoms with Gasteiger partial charge < -0.3 is 9.15 Å². The number of nitrogens with zero attached hydrogens (tertiary/aromatic N) is 1. The molecular weight excluding hydrogens is 318 g/mol. The van der Waals surface area contributed by atoms with Gasteiger partial charge in [0, 0.05) is 5.92 Å². The zero-order valence-corrected chi connectivity index (χ0v) is 11.9. The summed E-state index contributed by atoms with van der Waals surface area (Å²) in [6, 6.07) is 2.01. The van der Waals surface area contributed by atoms with Crippen LogP contribution in [0.2, 0.25) is 0 Å². The molecule has 0 N–H and O–H groups in total. The standard InChI is InChI=1S/C15H11F4NO3/c1-22-14(21)11-12(7-2-3-7)23-13(20-11)9-6-8(16)4-5-10(9)15(17,18)19/h4-7H,2-3H2,1H3.